The van der Waals surface area contributed by atoms with E-state index in [1.165, 1.54) is 0 Å². The van der Waals surface area contributed by atoms with Crippen LogP contribution in [0, 0.1) is 0 Å². The summed E-state index contributed by atoms with van der Waals surface area (Å²) in [7, 11) is 0. The molecule has 1 aromatic carbocycles. The SMILES string of the molecule is O=C(O)C(O)[13c]1[13cH][13cH][13cH][13cH][13cH]1. The van der Waals surface area contributed by atoms with Crippen LogP contribution in [-0.2, 0) is 4.79 Å². The first-order valence-electron chi connectivity index (χ1n) is 3.17. The van der Waals surface area contributed by atoms with Crippen LogP contribution in [0.2, 0.25) is 0 Å². The maximum absolute atomic E-state index is 10.2. The van der Waals surface area contributed by atoms with Gasteiger partial charge in [0, 0.05) is 0 Å². The van der Waals surface area contributed by atoms with Crippen molar-refractivity contribution in [2.24, 2.45) is 0 Å². The third-order valence-electron chi connectivity index (χ3n) is 1.35. The largest absolute Gasteiger partial charge is 0.479 e. The Balaban J connectivity index is 2.85. The summed E-state index contributed by atoms with van der Waals surface area (Å²) in [4.78, 5) is 10.2. The van der Waals surface area contributed by atoms with Crippen molar-refractivity contribution in [3.8, 4) is 0 Å². The van der Waals surface area contributed by atoms with Gasteiger partial charge in [-0.2, -0.15) is 0 Å². The Bertz CT molecular complexity index is 243. The second-order valence-corrected chi connectivity index (χ2v) is 2.15. The monoisotopic (exact) mass is 158 g/mol. The average Bonchev–Trinajstić information content (AvgIpc) is 2.05. The fourth-order valence-electron chi connectivity index (χ4n) is 0.778. The molecule has 1 rings (SSSR count). The molecular formula is C8H8O3. The van der Waals surface area contributed by atoms with E-state index in [0.717, 1.165) is 0 Å². The highest BCUT2D eigenvalue weighted by Crippen LogP contribution is 2.10. The normalized spacial score (nSPS) is 12.5. The number of carboxylic acids is 1. The molecule has 3 nitrogen and oxygen atoms in total. The summed E-state index contributed by atoms with van der Waals surface area (Å²) in [6.45, 7) is 0. The molecule has 0 spiro atoms. The molecule has 1 aromatic rings. The number of carbonyl (C=O) groups is 1. The zero-order chi connectivity index (χ0) is 8.27. The molecule has 1 unspecified atom stereocenters. The molecule has 11 heavy (non-hydrogen) atoms. The number of aliphatic hydroxyl groups excluding tert-OH is 1. The lowest BCUT2D eigenvalue weighted by Gasteiger charge is -2.03. The molecule has 0 bridgehead atoms. The van der Waals surface area contributed by atoms with Crippen LogP contribution in [0.5, 0.6) is 0 Å². The molecule has 3 heteroatoms. The lowest BCUT2D eigenvalue weighted by Crippen LogP contribution is -2.09. The fraction of sp³-hybridized carbons (Fsp3) is 0.125. The number of rotatable bonds is 2. The minimum atomic E-state index is -1.41. The Morgan fingerprint density at radius 3 is 2.27 bits per heavy atom. The Morgan fingerprint density at radius 2 is 1.82 bits per heavy atom. The summed E-state index contributed by atoms with van der Waals surface area (Å²) < 4.78 is 0. The van der Waals surface area contributed by atoms with E-state index < -0.39 is 12.1 Å². The quantitative estimate of drug-likeness (QED) is 0.669. The van der Waals surface area contributed by atoms with E-state index in [0.29, 0.717) is 5.56 Å². The Hall–Kier alpha value is -1.35. The van der Waals surface area contributed by atoms with Crippen LogP contribution in [0.4, 0.5) is 0 Å². The molecule has 0 saturated heterocycles. The smallest absolute Gasteiger partial charge is 0.337 e. The van der Waals surface area contributed by atoms with Crippen molar-refractivity contribution in [2.75, 3.05) is 0 Å². The first-order chi connectivity index (χ1) is 5.22. The van der Waals surface area contributed by atoms with Gasteiger partial charge in [-0.05, 0) is 5.56 Å². The standard InChI is InChI=1S/C8H8O3/c9-7(8(10)11)6-4-2-1-3-5-6/h1-5,7,9H,(H,10,11)/i1+1,2+1,3+1,4+1,5+1,6+1. The molecule has 0 aliphatic carbocycles. The number of aliphatic carboxylic acids is 1. The number of benzene rings is 1. The minimum absolute atomic E-state index is 0.403. The summed E-state index contributed by atoms with van der Waals surface area (Å²) in [5, 5.41) is 17.4. The molecular weight excluding hydrogens is 150 g/mol. The van der Waals surface area contributed by atoms with Crippen LogP contribution in [0.15, 0.2) is 30.3 Å². The molecule has 0 amide bonds. The van der Waals surface area contributed by atoms with E-state index in [2.05, 4.69) is 0 Å². The topological polar surface area (TPSA) is 57.5 Å². The van der Waals surface area contributed by atoms with Crippen LogP contribution in [0.3, 0.4) is 0 Å². The van der Waals surface area contributed by atoms with Crippen molar-refractivity contribution in [3.05, 3.63) is 35.9 Å². The first kappa shape index (κ1) is 7.75. The van der Waals surface area contributed by atoms with Gasteiger partial charge in [0.2, 0.25) is 0 Å². The summed E-state index contributed by atoms with van der Waals surface area (Å²) in [5.41, 5.74) is 0.403. The van der Waals surface area contributed by atoms with E-state index in [-0.39, 0.29) is 0 Å². The highest BCUT2D eigenvalue weighted by Gasteiger charge is 2.14. The van der Waals surface area contributed by atoms with Gasteiger partial charge in [0.25, 0.3) is 0 Å². The lowest BCUT2D eigenvalue weighted by atomic mass is 10.5. The van der Waals surface area contributed by atoms with E-state index in [9.17, 15) is 4.79 Å². The summed E-state index contributed by atoms with van der Waals surface area (Å²) in [5.74, 6) is -1.23. The highest BCUT2D eigenvalue weighted by atomic mass is 16.4. The second kappa shape index (κ2) is 3.16. The van der Waals surface area contributed by atoms with Crippen molar-refractivity contribution in [3.63, 3.8) is 0 Å². The van der Waals surface area contributed by atoms with Crippen molar-refractivity contribution in [1.82, 2.24) is 0 Å². The number of hydrogen-bond acceptors (Lipinski definition) is 2. The van der Waals surface area contributed by atoms with Crippen LogP contribution < -0.4 is 0 Å². The zero-order valence-corrected chi connectivity index (χ0v) is 5.77. The van der Waals surface area contributed by atoms with Crippen molar-refractivity contribution in [2.45, 2.75) is 6.10 Å². The van der Waals surface area contributed by atoms with E-state index >= 15 is 0 Å². The van der Waals surface area contributed by atoms with Crippen molar-refractivity contribution in [1.29, 1.82) is 0 Å². The lowest BCUT2D eigenvalue weighted by molar-refractivity contribution is -0.146. The minimum Gasteiger partial charge on any atom is -0.479 e. The van der Waals surface area contributed by atoms with E-state index in [1.807, 2.05) is 0 Å². The van der Waals surface area contributed by atoms with Crippen LogP contribution in [0.1, 0.15) is 11.7 Å². The van der Waals surface area contributed by atoms with Gasteiger partial charge in [-0.25, -0.2) is 4.79 Å². The molecule has 2 N–H and O–H groups in total. The van der Waals surface area contributed by atoms with Crippen LogP contribution in [0.25, 0.3) is 0 Å². The van der Waals surface area contributed by atoms with Gasteiger partial charge in [-0.1, -0.05) is 30.3 Å². The molecule has 0 aliphatic heterocycles. The number of hydrogen-bond donors (Lipinski definition) is 2. The predicted octanol–water partition coefficient (Wildman–Crippen LogP) is 0.805. The Morgan fingerprint density at radius 1 is 1.27 bits per heavy atom. The molecule has 0 radical (unpaired) electrons. The molecule has 0 aromatic heterocycles. The molecule has 58 valence electrons. The van der Waals surface area contributed by atoms with Gasteiger partial charge in [0.05, 0.1) is 0 Å². The molecule has 1 atom stereocenters. The summed E-state index contributed by atoms with van der Waals surface area (Å²) in [6, 6.07) is 8.26. The molecule has 0 saturated carbocycles. The second-order valence-electron chi connectivity index (χ2n) is 2.15. The number of carboxylic acid groups (broad SMARTS) is 1. The third-order valence-corrected chi connectivity index (χ3v) is 1.35. The summed E-state index contributed by atoms with van der Waals surface area (Å²) in [6.07, 6.45) is -1.41. The van der Waals surface area contributed by atoms with E-state index in [4.69, 9.17) is 10.2 Å². The van der Waals surface area contributed by atoms with Gasteiger partial charge < -0.3 is 10.2 Å². The van der Waals surface area contributed by atoms with E-state index in [1.54, 1.807) is 30.3 Å². The van der Waals surface area contributed by atoms with Gasteiger partial charge in [-0.15, -0.1) is 0 Å². The van der Waals surface area contributed by atoms with Gasteiger partial charge in [-0.3, -0.25) is 0 Å². The zero-order valence-electron chi connectivity index (χ0n) is 5.77. The van der Waals surface area contributed by atoms with Crippen LogP contribution >= 0.6 is 0 Å². The maximum Gasteiger partial charge on any atom is 0.337 e. The Kier molecular flexibility index (Phi) is 2.23. The average molecular weight is 158 g/mol. The van der Waals surface area contributed by atoms with Gasteiger partial charge in [0.1, 0.15) is 0 Å². The van der Waals surface area contributed by atoms with Gasteiger partial charge in [0.15, 0.2) is 6.10 Å². The van der Waals surface area contributed by atoms with Gasteiger partial charge >= 0.3 is 5.97 Å². The van der Waals surface area contributed by atoms with Crippen molar-refractivity contribution >= 4 is 5.97 Å². The predicted molar refractivity (Wildman–Crippen MR) is 39.0 cm³/mol. The molecule has 0 aliphatic rings. The van der Waals surface area contributed by atoms with Crippen LogP contribution in [-0.4, -0.2) is 16.2 Å². The third kappa shape index (κ3) is 1.78. The molecule has 0 fully saturated rings. The Labute approximate surface area is 63.9 Å². The maximum atomic E-state index is 10.2. The fourth-order valence-corrected chi connectivity index (χ4v) is 0.778. The summed E-state index contributed by atoms with van der Waals surface area (Å²) >= 11 is 0. The first-order valence-corrected chi connectivity index (χ1v) is 3.17. The number of aliphatic hydroxyl groups is 1. The molecule has 0 heterocycles. The highest BCUT2D eigenvalue weighted by molar-refractivity contribution is 5.73. The van der Waals surface area contributed by atoms with Crippen molar-refractivity contribution < 1.29 is 15.0 Å².